The maximum absolute atomic E-state index is 12.1. The van der Waals surface area contributed by atoms with Crippen LogP contribution in [0, 0.1) is 0 Å². The van der Waals surface area contributed by atoms with Gasteiger partial charge in [0.1, 0.15) is 0 Å². The minimum Gasteiger partial charge on any atom is -0.478 e. The van der Waals surface area contributed by atoms with Gasteiger partial charge in [-0.1, -0.05) is 46.3 Å². The number of fused-ring (bicyclic) bond motifs is 1. The number of hydrogen-bond donors (Lipinski definition) is 3. The number of anilines is 2. The van der Waals surface area contributed by atoms with E-state index in [1.54, 1.807) is 12.1 Å². The quantitative estimate of drug-likeness (QED) is 0.546. The lowest BCUT2D eigenvalue weighted by Gasteiger charge is -2.10. The number of amides is 1. The molecule has 0 bridgehead atoms. The van der Waals surface area contributed by atoms with Crippen LogP contribution in [0.25, 0.3) is 10.8 Å². The van der Waals surface area contributed by atoms with E-state index >= 15 is 0 Å². The van der Waals surface area contributed by atoms with Gasteiger partial charge >= 0.3 is 5.97 Å². The highest BCUT2D eigenvalue weighted by atomic mass is 79.9. The summed E-state index contributed by atoms with van der Waals surface area (Å²) in [7, 11) is 0. The molecule has 0 radical (unpaired) electrons. The molecule has 26 heavy (non-hydrogen) atoms. The fraction of sp³-hybridized carbons (Fsp3) is 0.100. The fourth-order valence-corrected chi connectivity index (χ4v) is 3.01. The molecule has 0 aliphatic heterocycles. The molecule has 0 saturated heterocycles. The van der Waals surface area contributed by atoms with Gasteiger partial charge in [0.05, 0.1) is 5.56 Å². The number of rotatable bonds is 6. The molecule has 6 heteroatoms. The lowest BCUT2D eigenvalue weighted by molar-refractivity contribution is -0.115. The van der Waals surface area contributed by atoms with Crippen molar-refractivity contribution in [2.45, 2.75) is 6.42 Å². The van der Waals surface area contributed by atoms with Crippen molar-refractivity contribution >= 4 is 50.0 Å². The van der Waals surface area contributed by atoms with Gasteiger partial charge in [0.15, 0.2) is 0 Å². The van der Waals surface area contributed by atoms with Crippen molar-refractivity contribution in [2.75, 3.05) is 17.2 Å². The summed E-state index contributed by atoms with van der Waals surface area (Å²) in [6, 6.07) is 18.7. The molecule has 5 nitrogen and oxygen atoms in total. The molecular formula is C20H17BrN2O3. The molecule has 0 spiro atoms. The van der Waals surface area contributed by atoms with E-state index in [0.717, 1.165) is 16.5 Å². The third-order valence-corrected chi connectivity index (χ3v) is 4.41. The molecule has 0 atom stereocenters. The van der Waals surface area contributed by atoms with Crippen LogP contribution in [0.2, 0.25) is 0 Å². The predicted octanol–water partition coefficient (Wildman–Crippen LogP) is 4.74. The zero-order valence-electron chi connectivity index (χ0n) is 13.8. The summed E-state index contributed by atoms with van der Waals surface area (Å²) in [5.74, 6) is -1.16. The van der Waals surface area contributed by atoms with Crippen LogP contribution >= 0.6 is 15.9 Å². The van der Waals surface area contributed by atoms with Gasteiger partial charge in [-0.05, 0) is 41.1 Å². The normalized spacial score (nSPS) is 10.5. The monoisotopic (exact) mass is 412 g/mol. The number of carboxylic acids is 1. The highest BCUT2D eigenvalue weighted by Gasteiger charge is 2.11. The zero-order valence-corrected chi connectivity index (χ0v) is 15.4. The predicted molar refractivity (Wildman–Crippen MR) is 107 cm³/mol. The molecular weight excluding hydrogens is 396 g/mol. The van der Waals surface area contributed by atoms with Crippen molar-refractivity contribution < 1.29 is 14.7 Å². The molecule has 0 heterocycles. The third kappa shape index (κ3) is 4.40. The van der Waals surface area contributed by atoms with Crippen molar-refractivity contribution in [1.29, 1.82) is 0 Å². The summed E-state index contributed by atoms with van der Waals surface area (Å²) in [5.41, 5.74) is 1.39. The summed E-state index contributed by atoms with van der Waals surface area (Å²) in [6.07, 6.45) is 0.224. The van der Waals surface area contributed by atoms with Gasteiger partial charge in [-0.25, -0.2) is 4.79 Å². The largest absolute Gasteiger partial charge is 0.478 e. The first kappa shape index (κ1) is 17.9. The van der Waals surface area contributed by atoms with Crippen molar-refractivity contribution in [2.24, 2.45) is 0 Å². The number of aromatic carboxylic acids is 1. The minimum atomic E-state index is -1.02. The van der Waals surface area contributed by atoms with Crippen LogP contribution in [0.15, 0.2) is 65.1 Å². The van der Waals surface area contributed by atoms with Crippen molar-refractivity contribution in [3.8, 4) is 0 Å². The molecule has 0 saturated carbocycles. The minimum absolute atomic E-state index is 0.137. The molecule has 0 aliphatic rings. The average molecular weight is 413 g/mol. The Labute approximate surface area is 159 Å². The number of benzene rings is 3. The summed E-state index contributed by atoms with van der Waals surface area (Å²) in [5, 5.41) is 17.3. The first-order chi connectivity index (χ1) is 12.5. The first-order valence-corrected chi connectivity index (χ1v) is 8.87. The van der Waals surface area contributed by atoms with Crippen LogP contribution in [-0.4, -0.2) is 23.5 Å². The highest BCUT2D eigenvalue weighted by molar-refractivity contribution is 9.10. The van der Waals surface area contributed by atoms with E-state index in [4.69, 9.17) is 0 Å². The molecule has 3 aromatic rings. The number of carbonyl (C=O) groups excluding carboxylic acids is 1. The third-order valence-electron chi connectivity index (χ3n) is 3.91. The Morgan fingerprint density at radius 3 is 2.50 bits per heavy atom. The van der Waals surface area contributed by atoms with Crippen LogP contribution in [0.4, 0.5) is 11.4 Å². The van der Waals surface area contributed by atoms with E-state index in [0.29, 0.717) is 16.7 Å². The number of carboxylic acid groups (broad SMARTS) is 1. The van der Waals surface area contributed by atoms with Gasteiger partial charge < -0.3 is 15.7 Å². The van der Waals surface area contributed by atoms with Crippen LogP contribution in [-0.2, 0) is 4.79 Å². The number of hydrogen-bond acceptors (Lipinski definition) is 3. The van der Waals surface area contributed by atoms with E-state index in [9.17, 15) is 14.7 Å². The van der Waals surface area contributed by atoms with E-state index in [1.165, 1.54) is 6.07 Å². The fourth-order valence-electron chi connectivity index (χ4n) is 2.65. The highest BCUT2D eigenvalue weighted by Crippen LogP contribution is 2.21. The van der Waals surface area contributed by atoms with Gasteiger partial charge in [-0.2, -0.15) is 0 Å². The standard InChI is InChI=1S/C20H17BrN2O3/c21-15-6-8-18(17(12-15)20(25)26)22-10-9-19(24)23-16-7-5-13-3-1-2-4-14(13)11-16/h1-8,11-12,22H,9-10H2,(H,23,24)(H,25,26). The van der Waals surface area contributed by atoms with Gasteiger partial charge in [-0.3, -0.25) is 4.79 Å². The number of nitrogens with one attached hydrogen (secondary N) is 2. The first-order valence-electron chi connectivity index (χ1n) is 8.08. The van der Waals surface area contributed by atoms with Gasteiger partial charge in [0.25, 0.3) is 0 Å². The van der Waals surface area contributed by atoms with Crippen molar-refractivity contribution in [1.82, 2.24) is 0 Å². The van der Waals surface area contributed by atoms with Crippen LogP contribution in [0.1, 0.15) is 16.8 Å². The zero-order chi connectivity index (χ0) is 18.5. The molecule has 0 fully saturated rings. The van der Waals surface area contributed by atoms with Gasteiger partial charge in [0, 0.05) is 28.8 Å². The average Bonchev–Trinajstić information content (AvgIpc) is 2.62. The number of halogens is 1. The maximum Gasteiger partial charge on any atom is 0.337 e. The Balaban J connectivity index is 1.58. The Morgan fingerprint density at radius 2 is 1.73 bits per heavy atom. The second kappa shape index (κ2) is 8.01. The summed E-state index contributed by atoms with van der Waals surface area (Å²) >= 11 is 3.25. The molecule has 132 valence electrons. The van der Waals surface area contributed by atoms with Crippen LogP contribution < -0.4 is 10.6 Å². The molecule has 3 N–H and O–H groups in total. The summed E-state index contributed by atoms with van der Waals surface area (Å²) in [4.78, 5) is 23.4. The maximum atomic E-state index is 12.1. The Hall–Kier alpha value is -2.86. The molecule has 1 amide bonds. The SMILES string of the molecule is O=C(CCNc1ccc(Br)cc1C(=O)O)Nc1ccc2ccccc2c1. The second-order valence-corrected chi connectivity index (χ2v) is 6.70. The summed E-state index contributed by atoms with van der Waals surface area (Å²) in [6.45, 7) is 0.335. The Bertz CT molecular complexity index is 972. The van der Waals surface area contributed by atoms with E-state index < -0.39 is 5.97 Å². The molecule has 0 aromatic heterocycles. The van der Waals surface area contributed by atoms with Crippen molar-refractivity contribution in [3.63, 3.8) is 0 Å². The molecule has 0 aliphatic carbocycles. The van der Waals surface area contributed by atoms with E-state index in [1.807, 2.05) is 42.5 Å². The summed E-state index contributed by atoms with van der Waals surface area (Å²) < 4.78 is 0.689. The molecule has 3 aromatic carbocycles. The Kier molecular flexibility index (Phi) is 5.53. The van der Waals surface area contributed by atoms with Crippen molar-refractivity contribution in [3.05, 3.63) is 70.7 Å². The Morgan fingerprint density at radius 1 is 0.962 bits per heavy atom. The molecule has 3 rings (SSSR count). The lowest BCUT2D eigenvalue weighted by Crippen LogP contribution is -2.17. The topological polar surface area (TPSA) is 78.4 Å². The second-order valence-electron chi connectivity index (χ2n) is 5.78. The molecule has 0 unspecified atom stereocenters. The lowest BCUT2D eigenvalue weighted by atomic mass is 10.1. The van der Waals surface area contributed by atoms with E-state index in [-0.39, 0.29) is 17.9 Å². The van der Waals surface area contributed by atoms with Crippen LogP contribution in [0.3, 0.4) is 0 Å². The van der Waals surface area contributed by atoms with Gasteiger partial charge in [-0.15, -0.1) is 0 Å². The van der Waals surface area contributed by atoms with E-state index in [2.05, 4.69) is 26.6 Å². The van der Waals surface area contributed by atoms with Crippen LogP contribution in [0.5, 0.6) is 0 Å². The van der Waals surface area contributed by atoms with Gasteiger partial charge in [0.2, 0.25) is 5.91 Å². The number of carbonyl (C=O) groups is 2. The smallest absolute Gasteiger partial charge is 0.337 e.